The monoisotopic (exact) mass is 430 g/mol. The van der Waals surface area contributed by atoms with Gasteiger partial charge < -0.3 is 5.11 Å². The maximum Gasteiger partial charge on any atom is 0.301 e. The lowest BCUT2D eigenvalue weighted by Gasteiger charge is -2.22. The summed E-state index contributed by atoms with van der Waals surface area (Å²) >= 11 is 1.27. The third-order valence-corrected chi connectivity index (χ3v) is 6.20. The minimum atomic E-state index is -0.929. The summed E-state index contributed by atoms with van der Waals surface area (Å²) in [4.78, 5) is 32.0. The number of carbonyl (C=O) groups excluding carboxylic acids is 2. The van der Waals surface area contributed by atoms with Crippen molar-refractivity contribution in [1.82, 2.24) is 4.98 Å². The largest absolute Gasteiger partial charge is 0.507 e. The third kappa shape index (κ3) is 3.19. The van der Waals surface area contributed by atoms with Crippen molar-refractivity contribution in [1.29, 1.82) is 0 Å². The molecule has 1 N–H and O–H groups in total. The predicted molar refractivity (Wildman–Crippen MR) is 117 cm³/mol. The van der Waals surface area contributed by atoms with Crippen LogP contribution in [0, 0.1) is 5.82 Å². The molecule has 2 heterocycles. The van der Waals surface area contributed by atoms with Crippen molar-refractivity contribution in [2.24, 2.45) is 0 Å². The van der Waals surface area contributed by atoms with Gasteiger partial charge in [0.2, 0.25) is 0 Å². The van der Waals surface area contributed by atoms with Crippen molar-refractivity contribution in [3.63, 3.8) is 0 Å². The minimum absolute atomic E-state index is 0.0536. The van der Waals surface area contributed by atoms with Crippen LogP contribution in [0.4, 0.5) is 9.52 Å². The van der Waals surface area contributed by atoms with Crippen LogP contribution in [0.3, 0.4) is 0 Å². The van der Waals surface area contributed by atoms with E-state index in [1.165, 1.54) is 40.5 Å². The second-order valence-corrected chi connectivity index (χ2v) is 8.06. The smallest absolute Gasteiger partial charge is 0.301 e. The van der Waals surface area contributed by atoms with E-state index in [0.717, 1.165) is 4.70 Å². The van der Waals surface area contributed by atoms with Gasteiger partial charge in [-0.05, 0) is 29.8 Å². The Kier molecular flexibility index (Phi) is 4.60. The first-order chi connectivity index (χ1) is 15.0. The highest BCUT2D eigenvalue weighted by atomic mass is 32.1. The van der Waals surface area contributed by atoms with Crippen molar-refractivity contribution >= 4 is 44.1 Å². The Balaban J connectivity index is 1.74. The fourth-order valence-electron chi connectivity index (χ4n) is 3.70. The van der Waals surface area contributed by atoms with Gasteiger partial charge in [0.25, 0.3) is 5.78 Å². The summed E-state index contributed by atoms with van der Waals surface area (Å²) in [5, 5.41) is 11.3. The second kappa shape index (κ2) is 7.45. The zero-order valence-electron chi connectivity index (χ0n) is 16.0. The molecular formula is C24H15FN2O3S. The lowest BCUT2D eigenvalue weighted by atomic mass is 9.95. The first kappa shape index (κ1) is 19.1. The molecule has 1 atom stereocenters. The molecule has 1 aliphatic rings. The number of fused-ring (bicyclic) bond motifs is 1. The van der Waals surface area contributed by atoms with Crippen LogP contribution < -0.4 is 4.90 Å². The molecule has 1 aliphatic heterocycles. The van der Waals surface area contributed by atoms with Gasteiger partial charge in [-0.2, -0.15) is 0 Å². The molecule has 5 nitrogen and oxygen atoms in total. The fraction of sp³-hybridized carbons (Fsp3) is 0.0417. The number of ketones is 1. The van der Waals surface area contributed by atoms with Crippen LogP contribution in [0.1, 0.15) is 17.2 Å². The summed E-state index contributed by atoms with van der Waals surface area (Å²) in [6.07, 6.45) is 0. The number of anilines is 1. The molecule has 4 aromatic rings. The molecule has 1 aromatic heterocycles. The molecule has 152 valence electrons. The number of aliphatic hydroxyl groups excluding tert-OH is 1. The van der Waals surface area contributed by atoms with Crippen LogP contribution in [0.5, 0.6) is 0 Å². The quantitative estimate of drug-likeness (QED) is 0.280. The van der Waals surface area contributed by atoms with Crippen molar-refractivity contribution < 1.29 is 19.1 Å². The van der Waals surface area contributed by atoms with Gasteiger partial charge in [-0.15, -0.1) is 0 Å². The average molecular weight is 430 g/mol. The van der Waals surface area contributed by atoms with Crippen LogP contribution in [-0.2, 0) is 9.59 Å². The number of hydrogen-bond acceptors (Lipinski definition) is 5. The van der Waals surface area contributed by atoms with Crippen LogP contribution in [0.25, 0.3) is 16.0 Å². The molecule has 0 saturated carbocycles. The minimum Gasteiger partial charge on any atom is -0.507 e. The van der Waals surface area contributed by atoms with Crippen molar-refractivity contribution in [2.45, 2.75) is 6.04 Å². The number of hydrogen-bond donors (Lipinski definition) is 1. The lowest BCUT2D eigenvalue weighted by molar-refractivity contribution is -0.132. The standard InChI is InChI=1S/C24H15FN2O3S/c25-16-12-10-14(11-13-16)20-19(21(28)15-6-2-1-3-7-15)22(29)23(30)27(20)24-26-17-8-4-5-9-18(17)31-24/h1-13,20,28H/t20-/m0/s1. The van der Waals surface area contributed by atoms with Crippen molar-refractivity contribution in [3.8, 4) is 0 Å². The molecule has 31 heavy (non-hydrogen) atoms. The predicted octanol–water partition coefficient (Wildman–Crippen LogP) is 5.06. The summed E-state index contributed by atoms with van der Waals surface area (Å²) in [7, 11) is 0. The van der Waals surface area contributed by atoms with Gasteiger partial charge in [0.15, 0.2) is 5.13 Å². The fourth-order valence-corrected chi connectivity index (χ4v) is 4.70. The number of thiazole rings is 1. The normalized spacial score (nSPS) is 18.1. The second-order valence-electron chi connectivity index (χ2n) is 7.05. The van der Waals surface area contributed by atoms with E-state index in [1.807, 2.05) is 24.3 Å². The topological polar surface area (TPSA) is 70.5 Å². The van der Waals surface area contributed by atoms with E-state index >= 15 is 0 Å². The number of Topliss-reactive ketones (excluding diaryl/α,β-unsaturated/α-hetero) is 1. The van der Waals surface area contributed by atoms with E-state index in [-0.39, 0.29) is 11.3 Å². The van der Waals surface area contributed by atoms with Gasteiger partial charge >= 0.3 is 5.91 Å². The van der Waals surface area contributed by atoms with E-state index in [9.17, 15) is 19.1 Å². The highest BCUT2D eigenvalue weighted by molar-refractivity contribution is 7.22. The summed E-state index contributed by atoms with van der Waals surface area (Å²) in [6.45, 7) is 0. The van der Waals surface area contributed by atoms with Gasteiger partial charge in [0.05, 0.1) is 21.8 Å². The number of amides is 1. The Morgan fingerprint density at radius 2 is 1.61 bits per heavy atom. The molecule has 1 amide bonds. The molecule has 0 spiro atoms. The zero-order valence-corrected chi connectivity index (χ0v) is 16.8. The molecule has 0 bridgehead atoms. The first-order valence-corrected chi connectivity index (χ1v) is 10.3. The molecule has 7 heteroatoms. The Bertz CT molecular complexity index is 1310. The molecular weight excluding hydrogens is 415 g/mol. The number of para-hydroxylation sites is 1. The number of aromatic nitrogens is 1. The van der Waals surface area contributed by atoms with Crippen LogP contribution >= 0.6 is 11.3 Å². The molecule has 3 aromatic carbocycles. The number of rotatable bonds is 3. The van der Waals surface area contributed by atoms with Crippen LogP contribution in [-0.4, -0.2) is 21.8 Å². The summed E-state index contributed by atoms with van der Waals surface area (Å²) in [5.41, 5.74) is 1.56. The number of benzene rings is 3. The van der Waals surface area contributed by atoms with Gasteiger partial charge in [-0.1, -0.05) is 65.9 Å². The maximum absolute atomic E-state index is 13.6. The Hall–Kier alpha value is -3.84. The van der Waals surface area contributed by atoms with Crippen molar-refractivity contribution in [2.75, 3.05) is 4.90 Å². The molecule has 0 unspecified atom stereocenters. The summed E-state index contributed by atoms with van der Waals surface area (Å²) in [5.74, 6) is -2.32. The van der Waals surface area contributed by atoms with E-state index in [1.54, 1.807) is 30.3 Å². The third-order valence-electron chi connectivity index (χ3n) is 5.17. The van der Waals surface area contributed by atoms with Crippen LogP contribution in [0.2, 0.25) is 0 Å². The lowest BCUT2D eigenvalue weighted by Crippen LogP contribution is -2.29. The Labute approximate surface area is 180 Å². The number of nitrogens with zero attached hydrogens (tertiary/aromatic N) is 2. The number of aliphatic hydroxyl groups is 1. The van der Waals surface area contributed by atoms with E-state index in [0.29, 0.717) is 21.8 Å². The Morgan fingerprint density at radius 3 is 2.32 bits per heavy atom. The summed E-state index contributed by atoms with van der Waals surface area (Å²) < 4.78 is 14.4. The maximum atomic E-state index is 13.6. The molecule has 1 fully saturated rings. The Morgan fingerprint density at radius 1 is 0.935 bits per heavy atom. The van der Waals surface area contributed by atoms with Gasteiger partial charge in [-0.3, -0.25) is 14.5 Å². The first-order valence-electron chi connectivity index (χ1n) is 9.52. The molecule has 1 saturated heterocycles. The molecule has 0 aliphatic carbocycles. The van der Waals surface area contributed by atoms with Gasteiger partial charge in [0.1, 0.15) is 11.6 Å². The zero-order chi connectivity index (χ0) is 21.5. The van der Waals surface area contributed by atoms with E-state index < -0.39 is 23.5 Å². The molecule has 0 radical (unpaired) electrons. The highest BCUT2D eigenvalue weighted by Gasteiger charge is 2.48. The number of carbonyl (C=O) groups is 2. The van der Waals surface area contributed by atoms with E-state index in [4.69, 9.17) is 0 Å². The summed E-state index contributed by atoms with van der Waals surface area (Å²) in [6, 6.07) is 20.6. The van der Waals surface area contributed by atoms with Gasteiger partial charge in [0, 0.05) is 5.56 Å². The van der Waals surface area contributed by atoms with E-state index in [2.05, 4.69) is 4.98 Å². The van der Waals surface area contributed by atoms with Gasteiger partial charge in [-0.25, -0.2) is 9.37 Å². The van der Waals surface area contributed by atoms with Crippen LogP contribution in [0.15, 0.2) is 84.4 Å². The average Bonchev–Trinajstić information content (AvgIpc) is 3.33. The SMILES string of the molecule is O=C1C(=O)N(c2nc3ccccc3s2)[C@@H](c2ccc(F)cc2)C1=C(O)c1ccccc1. The molecule has 5 rings (SSSR count). The number of halogens is 1. The van der Waals surface area contributed by atoms with Crippen molar-refractivity contribution in [3.05, 3.63) is 101 Å². The highest BCUT2D eigenvalue weighted by Crippen LogP contribution is 2.44.